The van der Waals surface area contributed by atoms with Crippen LogP contribution in [0.25, 0.3) is 0 Å². The minimum atomic E-state index is -0.226. The van der Waals surface area contributed by atoms with Crippen molar-refractivity contribution in [3.8, 4) is 0 Å². The number of nitrogens with zero attached hydrogens (tertiary/aromatic N) is 1. The molecule has 5 heteroatoms. The molecular weight excluding hydrogens is 232 g/mol. The van der Waals surface area contributed by atoms with Gasteiger partial charge < -0.3 is 15.0 Å². The minimum absolute atomic E-state index is 0.0996. The Morgan fingerprint density at radius 3 is 2.22 bits per heavy atom. The fourth-order valence-corrected chi connectivity index (χ4v) is 1.63. The van der Waals surface area contributed by atoms with Gasteiger partial charge in [-0.3, -0.25) is 9.59 Å². The van der Waals surface area contributed by atoms with Crippen LogP contribution in [0.15, 0.2) is 0 Å². The molecule has 106 valence electrons. The second kappa shape index (κ2) is 11.0. The summed E-state index contributed by atoms with van der Waals surface area (Å²) in [5, 5.41) is 2.98. The summed E-state index contributed by atoms with van der Waals surface area (Å²) < 4.78 is 4.80. The Morgan fingerprint density at radius 1 is 1.11 bits per heavy atom. The molecule has 0 saturated heterocycles. The number of ether oxygens (including phenoxy) is 1. The number of hydrogen-bond donors (Lipinski definition) is 1. The monoisotopic (exact) mass is 258 g/mol. The van der Waals surface area contributed by atoms with E-state index in [9.17, 15) is 9.59 Å². The molecule has 0 heterocycles. The van der Waals surface area contributed by atoms with Gasteiger partial charge in [0.15, 0.2) is 0 Å². The van der Waals surface area contributed by atoms with Crippen LogP contribution in [0.4, 0.5) is 0 Å². The fourth-order valence-electron chi connectivity index (χ4n) is 1.63. The van der Waals surface area contributed by atoms with E-state index < -0.39 is 0 Å². The summed E-state index contributed by atoms with van der Waals surface area (Å²) in [5.74, 6) is -0.126. The van der Waals surface area contributed by atoms with Gasteiger partial charge in [0.25, 0.3) is 0 Å². The molecule has 5 nitrogen and oxygen atoms in total. The van der Waals surface area contributed by atoms with E-state index in [0.29, 0.717) is 26.1 Å². The van der Waals surface area contributed by atoms with Gasteiger partial charge in [-0.2, -0.15) is 0 Å². The zero-order valence-electron chi connectivity index (χ0n) is 11.8. The summed E-state index contributed by atoms with van der Waals surface area (Å²) >= 11 is 0. The molecule has 0 fully saturated rings. The van der Waals surface area contributed by atoms with Gasteiger partial charge in [0.1, 0.15) is 0 Å². The summed E-state index contributed by atoms with van der Waals surface area (Å²) in [6.45, 7) is 8.67. The summed E-state index contributed by atoms with van der Waals surface area (Å²) in [6.07, 6.45) is 2.24. The second-order valence-corrected chi connectivity index (χ2v) is 4.11. The number of hydrogen-bond acceptors (Lipinski definition) is 4. The van der Waals surface area contributed by atoms with Gasteiger partial charge in [-0.1, -0.05) is 13.8 Å². The highest BCUT2D eigenvalue weighted by Gasteiger charge is 2.11. The van der Waals surface area contributed by atoms with Crippen LogP contribution in [0.2, 0.25) is 0 Å². The van der Waals surface area contributed by atoms with E-state index >= 15 is 0 Å². The molecule has 0 aromatic heterocycles. The lowest BCUT2D eigenvalue weighted by atomic mass is 10.3. The van der Waals surface area contributed by atoms with Crippen LogP contribution in [0, 0.1) is 0 Å². The average Bonchev–Trinajstić information content (AvgIpc) is 2.34. The zero-order chi connectivity index (χ0) is 13.8. The van der Waals surface area contributed by atoms with Crippen molar-refractivity contribution >= 4 is 11.9 Å². The van der Waals surface area contributed by atoms with Gasteiger partial charge in [0.2, 0.25) is 5.91 Å². The molecule has 0 spiro atoms. The van der Waals surface area contributed by atoms with E-state index in [4.69, 9.17) is 4.74 Å². The Balaban J connectivity index is 3.76. The molecule has 0 unspecified atom stereocenters. The molecule has 0 bridgehead atoms. The number of esters is 1. The van der Waals surface area contributed by atoms with Gasteiger partial charge in [0.05, 0.1) is 19.6 Å². The fraction of sp³-hybridized carbons (Fsp3) is 0.846. The molecule has 18 heavy (non-hydrogen) atoms. The van der Waals surface area contributed by atoms with Crippen molar-refractivity contribution in [3.05, 3.63) is 0 Å². The highest BCUT2D eigenvalue weighted by atomic mass is 16.5. The second-order valence-electron chi connectivity index (χ2n) is 4.11. The Kier molecular flexibility index (Phi) is 10.3. The molecule has 0 aromatic rings. The van der Waals surface area contributed by atoms with Crippen LogP contribution in [-0.2, 0) is 14.3 Å². The van der Waals surface area contributed by atoms with Gasteiger partial charge in [-0.25, -0.2) is 0 Å². The molecule has 1 amide bonds. The molecule has 0 aliphatic rings. The summed E-state index contributed by atoms with van der Waals surface area (Å²) in [7, 11) is 0. The largest absolute Gasteiger partial charge is 0.466 e. The van der Waals surface area contributed by atoms with Crippen molar-refractivity contribution < 1.29 is 14.3 Å². The first-order valence-electron chi connectivity index (χ1n) is 6.79. The lowest BCUT2D eigenvalue weighted by Crippen LogP contribution is -2.39. The average molecular weight is 258 g/mol. The predicted molar refractivity (Wildman–Crippen MR) is 71.3 cm³/mol. The van der Waals surface area contributed by atoms with E-state index in [2.05, 4.69) is 19.2 Å². The maximum absolute atomic E-state index is 11.8. The maximum Gasteiger partial charge on any atom is 0.307 e. The minimum Gasteiger partial charge on any atom is -0.466 e. The van der Waals surface area contributed by atoms with E-state index in [1.807, 2.05) is 4.90 Å². The summed E-state index contributed by atoms with van der Waals surface area (Å²) in [5.41, 5.74) is 0. The van der Waals surface area contributed by atoms with E-state index in [-0.39, 0.29) is 11.9 Å². The van der Waals surface area contributed by atoms with Gasteiger partial charge in [-0.15, -0.1) is 0 Å². The normalized spacial score (nSPS) is 10.2. The van der Waals surface area contributed by atoms with Crippen molar-refractivity contribution in [2.24, 2.45) is 0 Å². The third-order valence-corrected chi connectivity index (χ3v) is 2.43. The van der Waals surface area contributed by atoms with E-state index in [1.165, 1.54) is 0 Å². The molecule has 0 aromatic carbocycles. The molecule has 0 radical (unpaired) electrons. The molecule has 0 atom stereocenters. The van der Waals surface area contributed by atoms with E-state index in [1.54, 1.807) is 6.92 Å². The highest BCUT2D eigenvalue weighted by Crippen LogP contribution is 1.94. The van der Waals surface area contributed by atoms with Crippen LogP contribution in [0.5, 0.6) is 0 Å². The molecule has 0 saturated carbocycles. The number of carbonyl (C=O) groups excluding carboxylic acids is 2. The smallest absolute Gasteiger partial charge is 0.307 e. The van der Waals surface area contributed by atoms with Gasteiger partial charge in [0, 0.05) is 19.6 Å². The SMILES string of the molecule is CCCN(CCC)C(=O)CNCCC(=O)OCC. The van der Waals surface area contributed by atoms with Crippen LogP contribution in [0.1, 0.15) is 40.0 Å². The number of rotatable bonds is 10. The molecule has 0 aliphatic heterocycles. The Bertz CT molecular complexity index is 238. The molecule has 0 rings (SSSR count). The van der Waals surface area contributed by atoms with Crippen LogP contribution < -0.4 is 5.32 Å². The van der Waals surface area contributed by atoms with Crippen molar-refractivity contribution in [2.45, 2.75) is 40.0 Å². The lowest BCUT2D eigenvalue weighted by molar-refractivity contribution is -0.143. The van der Waals surface area contributed by atoms with Gasteiger partial charge >= 0.3 is 5.97 Å². The Hall–Kier alpha value is -1.10. The standard InChI is InChI=1S/C13H26N2O3/c1-4-9-15(10-5-2)12(16)11-14-8-7-13(17)18-6-3/h14H,4-11H2,1-3H3. The van der Waals surface area contributed by atoms with Crippen LogP contribution in [0.3, 0.4) is 0 Å². The van der Waals surface area contributed by atoms with Crippen molar-refractivity contribution in [3.63, 3.8) is 0 Å². The lowest BCUT2D eigenvalue weighted by Gasteiger charge is -2.21. The first-order chi connectivity index (χ1) is 8.65. The van der Waals surface area contributed by atoms with Crippen molar-refractivity contribution in [1.29, 1.82) is 0 Å². The van der Waals surface area contributed by atoms with Crippen LogP contribution in [-0.4, -0.2) is 49.6 Å². The van der Waals surface area contributed by atoms with Crippen molar-refractivity contribution in [2.75, 3.05) is 32.8 Å². The topological polar surface area (TPSA) is 58.6 Å². The molecule has 0 aliphatic carbocycles. The van der Waals surface area contributed by atoms with E-state index in [0.717, 1.165) is 25.9 Å². The number of carbonyl (C=O) groups is 2. The number of nitrogens with one attached hydrogen (secondary N) is 1. The van der Waals surface area contributed by atoms with Crippen molar-refractivity contribution in [1.82, 2.24) is 10.2 Å². The predicted octanol–water partition coefficient (Wildman–Crippen LogP) is 1.18. The third kappa shape index (κ3) is 8.06. The molecule has 1 N–H and O–H groups in total. The zero-order valence-corrected chi connectivity index (χ0v) is 11.8. The highest BCUT2D eigenvalue weighted by molar-refractivity contribution is 5.78. The summed E-state index contributed by atoms with van der Waals surface area (Å²) in [6, 6.07) is 0. The Labute approximate surface area is 110 Å². The number of amides is 1. The quantitative estimate of drug-likeness (QED) is 0.472. The van der Waals surface area contributed by atoms with Gasteiger partial charge in [-0.05, 0) is 19.8 Å². The first-order valence-corrected chi connectivity index (χ1v) is 6.79. The first kappa shape index (κ1) is 16.9. The third-order valence-electron chi connectivity index (χ3n) is 2.43. The Morgan fingerprint density at radius 2 is 1.72 bits per heavy atom. The maximum atomic E-state index is 11.8. The summed E-state index contributed by atoms with van der Waals surface area (Å²) in [4.78, 5) is 24.8. The van der Waals surface area contributed by atoms with Crippen LogP contribution >= 0.6 is 0 Å². The molecular formula is C13H26N2O3.